The number of hydrogen-bond acceptors (Lipinski definition) is 5. The molecule has 0 aliphatic carbocycles. The lowest BCUT2D eigenvalue weighted by Crippen LogP contribution is -2.32. The number of piperidine rings is 1. The summed E-state index contributed by atoms with van der Waals surface area (Å²) in [5.74, 6) is 2.19. The fourth-order valence-electron chi connectivity index (χ4n) is 2.44. The van der Waals surface area contributed by atoms with E-state index in [1.807, 2.05) is 13.0 Å². The molecule has 1 aromatic heterocycles. The van der Waals surface area contributed by atoms with Gasteiger partial charge in [-0.05, 0) is 39.3 Å². The summed E-state index contributed by atoms with van der Waals surface area (Å²) >= 11 is 0. The zero-order chi connectivity index (χ0) is 15.1. The summed E-state index contributed by atoms with van der Waals surface area (Å²) in [6, 6.07) is 2.00. The zero-order valence-corrected chi connectivity index (χ0v) is 13.5. The van der Waals surface area contributed by atoms with Crippen molar-refractivity contribution >= 4 is 5.82 Å². The maximum atomic E-state index is 5.89. The second kappa shape index (κ2) is 8.29. The Morgan fingerprint density at radius 1 is 1.33 bits per heavy atom. The van der Waals surface area contributed by atoms with Gasteiger partial charge in [-0.25, -0.2) is 9.97 Å². The first-order chi connectivity index (χ1) is 10.1. The highest BCUT2D eigenvalue weighted by Gasteiger charge is 2.12. The normalized spacial score (nSPS) is 16.4. The maximum Gasteiger partial charge on any atom is 0.133 e. The van der Waals surface area contributed by atoms with Gasteiger partial charge in [0.1, 0.15) is 11.6 Å². The van der Waals surface area contributed by atoms with E-state index < -0.39 is 0 Å². The Balaban J connectivity index is 1.68. The predicted molar refractivity (Wildman–Crippen MR) is 85.8 cm³/mol. The lowest BCUT2D eigenvalue weighted by atomic mass is 10.1. The van der Waals surface area contributed by atoms with Crippen molar-refractivity contribution in [3.63, 3.8) is 0 Å². The van der Waals surface area contributed by atoms with Crippen LogP contribution in [0.15, 0.2) is 6.07 Å². The summed E-state index contributed by atoms with van der Waals surface area (Å²) in [6.07, 6.45) is 3.72. The molecule has 0 unspecified atom stereocenters. The monoisotopic (exact) mass is 292 g/mol. The van der Waals surface area contributed by atoms with Crippen LogP contribution >= 0.6 is 0 Å². The molecular formula is C16H28N4O. The van der Waals surface area contributed by atoms with Crippen molar-refractivity contribution < 1.29 is 4.74 Å². The molecule has 1 aliphatic rings. The molecule has 21 heavy (non-hydrogen) atoms. The molecule has 118 valence electrons. The van der Waals surface area contributed by atoms with Crippen molar-refractivity contribution in [3.05, 3.63) is 17.6 Å². The molecule has 1 aromatic rings. The number of aryl methyl sites for hydroxylation is 1. The maximum absolute atomic E-state index is 5.89. The minimum absolute atomic E-state index is 0.355. The first kappa shape index (κ1) is 16.2. The van der Waals surface area contributed by atoms with Gasteiger partial charge in [0.15, 0.2) is 0 Å². The molecule has 0 spiro atoms. The molecule has 0 atom stereocenters. The number of hydrogen-bond donors (Lipinski definition) is 2. The highest BCUT2D eigenvalue weighted by molar-refractivity contribution is 5.36. The molecule has 0 bridgehead atoms. The number of rotatable bonds is 7. The molecule has 5 heteroatoms. The second-order valence-corrected chi connectivity index (χ2v) is 6.01. The van der Waals surface area contributed by atoms with Gasteiger partial charge in [0, 0.05) is 30.8 Å². The smallest absolute Gasteiger partial charge is 0.133 e. The molecule has 5 nitrogen and oxygen atoms in total. The summed E-state index contributed by atoms with van der Waals surface area (Å²) in [6.45, 7) is 10.1. The minimum atomic E-state index is 0.355. The Labute approximate surface area is 127 Å². The molecular weight excluding hydrogens is 264 g/mol. The van der Waals surface area contributed by atoms with E-state index in [2.05, 4.69) is 34.4 Å². The van der Waals surface area contributed by atoms with E-state index in [0.717, 1.165) is 62.8 Å². The molecule has 2 N–H and O–H groups in total. The number of ether oxygens (including phenoxy) is 1. The molecule has 2 heterocycles. The summed E-state index contributed by atoms with van der Waals surface area (Å²) in [5.41, 5.74) is 1.02. The van der Waals surface area contributed by atoms with Gasteiger partial charge in [0.25, 0.3) is 0 Å². The first-order valence-corrected chi connectivity index (χ1v) is 8.07. The van der Waals surface area contributed by atoms with Crippen LogP contribution in [0, 0.1) is 6.92 Å². The largest absolute Gasteiger partial charge is 0.378 e. The minimum Gasteiger partial charge on any atom is -0.378 e. The lowest BCUT2D eigenvalue weighted by Gasteiger charge is -2.22. The highest BCUT2D eigenvalue weighted by Crippen LogP contribution is 2.13. The van der Waals surface area contributed by atoms with Crippen LogP contribution in [-0.4, -0.2) is 42.3 Å². The van der Waals surface area contributed by atoms with Crippen LogP contribution in [0.2, 0.25) is 0 Å². The number of aromatic nitrogens is 2. The van der Waals surface area contributed by atoms with Crippen LogP contribution in [0.4, 0.5) is 5.82 Å². The van der Waals surface area contributed by atoms with Crippen LogP contribution in [0.5, 0.6) is 0 Å². The number of nitrogens with zero attached hydrogens (tertiary/aromatic N) is 2. The van der Waals surface area contributed by atoms with Gasteiger partial charge in [-0.15, -0.1) is 0 Å². The quantitative estimate of drug-likeness (QED) is 0.756. The molecule has 0 saturated carbocycles. The van der Waals surface area contributed by atoms with Crippen molar-refractivity contribution in [2.45, 2.75) is 52.1 Å². The summed E-state index contributed by atoms with van der Waals surface area (Å²) in [7, 11) is 0. The highest BCUT2D eigenvalue weighted by atomic mass is 16.5. The van der Waals surface area contributed by atoms with Crippen molar-refractivity contribution in [1.29, 1.82) is 0 Å². The van der Waals surface area contributed by atoms with E-state index in [0.29, 0.717) is 12.0 Å². The standard InChI is InChI=1S/C16H28N4O/c1-12(2)16-19-13(3)11-15(20-16)18-7-4-10-21-14-5-8-17-9-6-14/h11-12,14,17H,4-10H2,1-3H3,(H,18,19,20). The van der Waals surface area contributed by atoms with Gasteiger partial charge in [-0.1, -0.05) is 13.8 Å². The molecule has 0 aromatic carbocycles. The third kappa shape index (κ3) is 5.59. The van der Waals surface area contributed by atoms with E-state index in [-0.39, 0.29) is 0 Å². The van der Waals surface area contributed by atoms with Gasteiger partial charge < -0.3 is 15.4 Å². The fourth-order valence-corrected chi connectivity index (χ4v) is 2.44. The van der Waals surface area contributed by atoms with Gasteiger partial charge in [0.05, 0.1) is 6.10 Å². The average molecular weight is 292 g/mol. The first-order valence-electron chi connectivity index (χ1n) is 8.07. The van der Waals surface area contributed by atoms with E-state index in [4.69, 9.17) is 4.74 Å². The molecule has 1 aliphatic heterocycles. The van der Waals surface area contributed by atoms with Gasteiger partial charge in [0.2, 0.25) is 0 Å². The molecule has 2 rings (SSSR count). The van der Waals surface area contributed by atoms with Crippen LogP contribution in [0.25, 0.3) is 0 Å². The van der Waals surface area contributed by atoms with E-state index in [1.54, 1.807) is 0 Å². The van der Waals surface area contributed by atoms with Crippen LogP contribution in [0.3, 0.4) is 0 Å². The van der Waals surface area contributed by atoms with E-state index >= 15 is 0 Å². The van der Waals surface area contributed by atoms with E-state index in [9.17, 15) is 0 Å². The lowest BCUT2D eigenvalue weighted by molar-refractivity contribution is 0.0329. The third-order valence-electron chi connectivity index (χ3n) is 3.65. The van der Waals surface area contributed by atoms with Gasteiger partial charge in [-0.3, -0.25) is 0 Å². The van der Waals surface area contributed by atoms with Crippen molar-refractivity contribution in [3.8, 4) is 0 Å². The second-order valence-electron chi connectivity index (χ2n) is 6.01. The SMILES string of the molecule is Cc1cc(NCCCOC2CCNCC2)nc(C(C)C)n1. The predicted octanol–water partition coefficient (Wildman–Crippen LogP) is 2.48. The van der Waals surface area contributed by atoms with Crippen LogP contribution < -0.4 is 10.6 Å². The average Bonchev–Trinajstić information content (AvgIpc) is 2.47. The fraction of sp³-hybridized carbons (Fsp3) is 0.750. The number of nitrogens with one attached hydrogen (secondary N) is 2. The third-order valence-corrected chi connectivity index (χ3v) is 3.65. The van der Waals surface area contributed by atoms with Crippen molar-refractivity contribution in [1.82, 2.24) is 15.3 Å². The van der Waals surface area contributed by atoms with E-state index in [1.165, 1.54) is 0 Å². The summed E-state index contributed by atoms with van der Waals surface area (Å²) < 4.78 is 5.89. The summed E-state index contributed by atoms with van der Waals surface area (Å²) in [5, 5.41) is 6.73. The van der Waals surface area contributed by atoms with Gasteiger partial charge >= 0.3 is 0 Å². The van der Waals surface area contributed by atoms with Crippen LogP contribution in [0.1, 0.15) is 50.5 Å². The Hall–Kier alpha value is -1.20. The summed E-state index contributed by atoms with van der Waals surface area (Å²) in [4.78, 5) is 9.01. The Kier molecular flexibility index (Phi) is 6.39. The van der Waals surface area contributed by atoms with Gasteiger partial charge in [-0.2, -0.15) is 0 Å². The zero-order valence-electron chi connectivity index (χ0n) is 13.5. The Morgan fingerprint density at radius 3 is 2.81 bits per heavy atom. The molecule has 1 fully saturated rings. The molecule has 0 radical (unpaired) electrons. The topological polar surface area (TPSA) is 59.1 Å². The number of anilines is 1. The Bertz CT molecular complexity index is 430. The van der Waals surface area contributed by atoms with Crippen molar-refractivity contribution in [2.75, 3.05) is 31.6 Å². The van der Waals surface area contributed by atoms with Crippen LogP contribution in [-0.2, 0) is 4.74 Å². The van der Waals surface area contributed by atoms with Crippen molar-refractivity contribution in [2.24, 2.45) is 0 Å². The Morgan fingerprint density at radius 2 is 2.10 bits per heavy atom. The molecule has 0 amide bonds. The molecule has 1 saturated heterocycles.